The lowest BCUT2D eigenvalue weighted by Crippen LogP contribution is -2.60. The van der Waals surface area contributed by atoms with Gasteiger partial charge in [-0.25, -0.2) is 4.79 Å². The van der Waals surface area contributed by atoms with Crippen molar-refractivity contribution in [1.29, 1.82) is 0 Å². The maximum absolute atomic E-state index is 12.3. The second-order valence-electron chi connectivity index (χ2n) is 16.9. The Morgan fingerprint density at radius 2 is 1.26 bits per heavy atom. The lowest BCUT2D eigenvalue weighted by atomic mass is 10.0. The van der Waals surface area contributed by atoms with Crippen molar-refractivity contribution >= 4 is 121 Å². The van der Waals surface area contributed by atoms with Gasteiger partial charge in [-0.15, -0.1) is 23.2 Å². The summed E-state index contributed by atoms with van der Waals surface area (Å²) in [6.45, 7) is 8.98. The van der Waals surface area contributed by atoms with E-state index in [2.05, 4.69) is 56.4 Å². The van der Waals surface area contributed by atoms with Gasteiger partial charge in [0, 0.05) is 45.3 Å². The van der Waals surface area contributed by atoms with Crippen molar-refractivity contribution < 1.29 is 62.3 Å². The standard InChI is InChI=1S/C17H19N3O5.C11H17ClN2O3.C9H16N2O2.C5H6BrNO2.C4H11N.C2H2Cl2O/c21-14-7-6-13(16(23)18-14)20-9-8-19(10-15(20)22)17(24)25-11-12-4-2-1-3-5-12;1-2-3-6-14(10(16)7-12)8-4-5-9(15)13-11(8)17;1-2-3-6-10-7-4-5-8(12)11-9(7)13;6-3-1-2-4(8)7-5(3)9;1-2-3-4-5;3-1-2(4)5/h1-5,13H,6-11H2,(H,18,21,23);8H,2-7H2,1H3,(H,13,15,17);7,10H,2-6H2,1H3,(H,11,12,13);3H,1-2H2,(H,7,8,9);2-5H2,1H3;1H2. The Balaban J connectivity index is 0.000000487. The van der Waals surface area contributed by atoms with Crippen molar-refractivity contribution in [1.82, 2.24) is 41.3 Å². The molecule has 26 heteroatoms. The number of nitrogens with one attached hydrogen (secondary N) is 5. The first-order valence-corrected chi connectivity index (χ1v) is 26.9. The molecule has 74 heavy (non-hydrogen) atoms. The Hall–Kier alpha value is -5.07. The third-order valence-corrected chi connectivity index (χ3v) is 12.7. The molecule has 0 spiro atoms. The molecule has 0 saturated carbocycles. The highest BCUT2D eigenvalue weighted by Crippen LogP contribution is 2.18. The fourth-order valence-corrected chi connectivity index (χ4v) is 7.51. The highest BCUT2D eigenvalue weighted by molar-refractivity contribution is 9.10. The molecule has 5 saturated heterocycles. The van der Waals surface area contributed by atoms with Gasteiger partial charge in [-0.2, -0.15) is 0 Å². The summed E-state index contributed by atoms with van der Waals surface area (Å²) in [7, 11) is 0. The summed E-state index contributed by atoms with van der Waals surface area (Å²) < 4.78 is 5.22. The maximum Gasteiger partial charge on any atom is 0.410 e. The summed E-state index contributed by atoms with van der Waals surface area (Å²) in [6.07, 6.45) is 9.09. The lowest BCUT2D eigenvalue weighted by molar-refractivity contribution is -0.148. The van der Waals surface area contributed by atoms with Gasteiger partial charge in [0.2, 0.25) is 64.3 Å². The summed E-state index contributed by atoms with van der Waals surface area (Å²) in [5.74, 6) is -2.97. The van der Waals surface area contributed by atoms with Crippen LogP contribution in [0.1, 0.15) is 116 Å². The van der Waals surface area contributed by atoms with E-state index in [0.29, 0.717) is 45.1 Å². The van der Waals surface area contributed by atoms with Crippen LogP contribution in [0.25, 0.3) is 0 Å². The fourth-order valence-electron chi connectivity index (χ4n) is 7.01. The van der Waals surface area contributed by atoms with Crippen LogP contribution in [0.2, 0.25) is 0 Å². The Morgan fingerprint density at radius 3 is 1.73 bits per heavy atom. The van der Waals surface area contributed by atoms with Crippen molar-refractivity contribution in [2.75, 3.05) is 51.0 Å². The molecule has 0 bridgehead atoms. The van der Waals surface area contributed by atoms with E-state index in [0.717, 1.165) is 44.3 Å². The van der Waals surface area contributed by atoms with Crippen LogP contribution >= 0.6 is 50.7 Å². The zero-order valence-electron chi connectivity index (χ0n) is 42.2. The van der Waals surface area contributed by atoms with Crippen LogP contribution in [0.5, 0.6) is 0 Å². The van der Waals surface area contributed by atoms with E-state index in [1.807, 2.05) is 37.3 Å². The van der Waals surface area contributed by atoms with Crippen molar-refractivity contribution in [2.24, 2.45) is 5.73 Å². The van der Waals surface area contributed by atoms with E-state index in [1.165, 1.54) is 27.5 Å². The van der Waals surface area contributed by atoms with Gasteiger partial charge in [-0.05, 0) is 75.2 Å². The van der Waals surface area contributed by atoms with E-state index in [4.69, 9.17) is 45.3 Å². The number of nitrogens with two attached hydrogens (primary N) is 1. The normalized spacial score (nSPS) is 20.2. The summed E-state index contributed by atoms with van der Waals surface area (Å²) in [4.78, 5) is 139. The number of piperidine rings is 4. The molecular formula is C48H71BrCl3N9O13. The number of imide groups is 4. The van der Waals surface area contributed by atoms with Gasteiger partial charge in [0.05, 0.1) is 16.7 Å². The average Bonchev–Trinajstić information content (AvgIpc) is 3.37. The van der Waals surface area contributed by atoms with E-state index in [9.17, 15) is 57.5 Å². The smallest absolute Gasteiger partial charge is 0.410 e. The van der Waals surface area contributed by atoms with Crippen LogP contribution in [0, 0.1) is 0 Å². The van der Waals surface area contributed by atoms with E-state index < -0.39 is 35.2 Å². The van der Waals surface area contributed by atoms with Crippen molar-refractivity contribution in [3.63, 3.8) is 0 Å². The minimum atomic E-state index is -0.646. The fraction of sp³-hybridized carbons (Fsp3) is 0.625. The predicted octanol–water partition coefficient (Wildman–Crippen LogP) is 3.04. The Morgan fingerprint density at radius 1 is 0.716 bits per heavy atom. The Labute approximate surface area is 455 Å². The summed E-state index contributed by atoms with van der Waals surface area (Å²) in [5, 5.41) is 11.6. The first-order valence-electron chi connectivity index (χ1n) is 24.5. The molecule has 0 radical (unpaired) electrons. The molecule has 7 N–H and O–H groups in total. The van der Waals surface area contributed by atoms with Crippen LogP contribution < -0.4 is 32.3 Å². The number of ether oxygens (including phenoxy) is 1. The first-order chi connectivity index (χ1) is 35.3. The quantitative estimate of drug-likeness (QED) is 0.0637. The first kappa shape index (κ1) is 66.9. The largest absolute Gasteiger partial charge is 0.445 e. The summed E-state index contributed by atoms with van der Waals surface area (Å²) in [5.41, 5.74) is 6.00. The maximum atomic E-state index is 12.3. The number of carbonyl (C=O) groups excluding carboxylic acids is 12. The van der Waals surface area contributed by atoms with Crippen LogP contribution in [0.4, 0.5) is 4.79 Å². The molecule has 5 aliphatic heterocycles. The molecule has 22 nitrogen and oxygen atoms in total. The number of carbonyl (C=O) groups is 12. The molecule has 5 aliphatic rings. The molecule has 5 fully saturated rings. The summed E-state index contributed by atoms with van der Waals surface area (Å²) in [6, 6.07) is 7.91. The van der Waals surface area contributed by atoms with E-state index in [1.54, 1.807) is 0 Å². The van der Waals surface area contributed by atoms with E-state index in [-0.39, 0.29) is 109 Å². The van der Waals surface area contributed by atoms with Crippen molar-refractivity contribution in [3.8, 4) is 0 Å². The molecule has 4 unspecified atom stereocenters. The zero-order valence-corrected chi connectivity index (χ0v) is 46.1. The number of amides is 11. The van der Waals surface area contributed by atoms with Gasteiger partial charge in [0.15, 0.2) is 0 Å². The number of halogens is 4. The molecule has 4 atom stereocenters. The summed E-state index contributed by atoms with van der Waals surface area (Å²) >= 11 is 18.2. The second kappa shape index (κ2) is 38.5. The number of hydrogen-bond donors (Lipinski definition) is 6. The Bertz CT molecular complexity index is 2040. The van der Waals surface area contributed by atoms with Gasteiger partial charge in [0.1, 0.15) is 31.1 Å². The Kier molecular flexibility index (Phi) is 34.8. The molecule has 1 aromatic rings. The highest BCUT2D eigenvalue weighted by atomic mass is 79.9. The van der Waals surface area contributed by atoms with Crippen molar-refractivity contribution in [3.05, 3.63) is 35.9 Å². The highest BCUT2D eigenvalue weighted by Gasteiger charge is 2.38. The number of hydrogen-bond acceptors (Lipinski definition) is 15. The van der Waals surface area contributed by atoms with Gasteiger partial charge < -0.3 is 25.6 Å². The minimum Gasteiger partial charge on any atom is -0.445 e. The average molecular weight is 1170 g/mol. The number of nitrogens with zero attached hydrogens (tertiary/aromatic N) is 3. The van der Waals surface area contributed by atoms with Crippen LogP contribution in [0.15, 0.2) is 30.3 Å². The number of benzene rings is 1. The van der Waals surface area contributed by atoms with Crippen molar-refractivity contribution in [2.45, 2.75) is 140 Å². The number of unbranched alkanes of at least 4 members (excludes halogenated alkanes) is 3. The molecule has 6 rings (SSSR count). The SMILES string of the molecule is CCCCN.CCCCN(C(=O)CCl)C1CCC(=O)NC1=O.CCCCNC1CCC(=O)NC1=O.O=C(Cl)CCl.O=C1CCC(Br)C(=O)N1.O=C1CCC(N2CCN(C(=O)OCc3ccccc3)CC2=O)C(=O)N1. The number of piperazine rings is 1. The molecule has 0 aliphatic carbocycles. The van der Waals surface area contributed by atoms with Gasteiger partial charge in [-0.3, -0.25) is 78.9 Å². The third kappa shape index (κ3) is 26.9. The van der Waals surface area contributed by atoms with Gasteiger partial charge >= 0.3 is 6.09 Å². The topological polar surface area (TPSA) is 310 Å². The van der Waals surface area contributed by atoms with Crippen LogP contribution in [0.3, 0.4) is 0 Å². The molecule has 11 amide bonds. The second-order valence-corrected chi connectivity index (χ2v) is 19.0. The molecule has 1 aromatic carbocycles. The molecular weight excluding hydrogens is 1100 g/mol. The third-order valence-electron chi connectivity index (χ3n) is 11.1. The van der Waals surface area contributed by atoms with Gasteiger partial charge in [-0.1, -0.05) is 86.3 Å². The monoisotopic (exact) mass is 1170 g/mol. The number of rotatable bonds is 15. The number of alkyl halides is 3. The predicted molar refractivity (Wildman–Crippen MR) is 279 cm³/mol. The lowest BCUT2D eigenvalue weighted by Gasteiger charge is -2.38. The van der Waals surface area contributed by atoms with E-state index >= 15 is 0 Å². The molecule has 414 valence electrons. The zero-order chi connectivity index (χ0) is 55.6. The minimum absolute atomic E-state index is 0.0957. The molecule has 5 heterocycles. The molecule has 0 aromatic heterocycles. The van der Waals surface area contributed by atoms with Crippen LogP contribution in [-0.4, -0.2) is 159 Å². The van der Waals surface area contributed by atoms with Crippen LogP contribution in [-0.2, 0) is 64.1 Å². The van der Waals surface area contributed by atoms with Gasteiger partial charge in [0.25, 0.3) is 0 Å².